The minimum atomic E-state index is -0.345. The van der Waals surface area contributed by atoms with Gasteiger partial charge >= 0.3 is 0 Å². The second-order valence-corrected chi connectivity index (χ2v) is 7.82. The predicted octanol–water partition coefficient (Wildman–Crippen LogP) is 5.15. The molecule has 4 nitrogen and oxygen atoms in total. The lowest BCUT2D eigenvalue weighted by molar-refractivity contribution is -0.255. The molecule has 0 unspecified atom stereocenters. The molecular formula is C26H28O4. The molecule has 1 aliphatic heterocycles. The molecule has 156 valence electrons. The van der Waals surface area contributed by atoms with Crippen LogP contribution in [0.4, 0.5) is 0 Å². The number of hydrogen-bond donors (Lipinski definition) is 0. The average molecular weight is 405 g/mol. The fraction of sp³-hybridized carbons (Fsp3) is 0.308. The molecule has 30 heavy (non-hydrogen) atoms. The Bertz CT molecular complexity index is 804. The first-order chi connectivity index (χ1) is 14.8. The van der Waals surface area contributed by atoms with Gasteiger partial charge in [-0.2, -0.15) is 0 Å². The minimum absolute atomic E-state index is 0.338. The molecule has 1 saturated heterocycles. The summed E-state index contributed by atoms with van der Waals surface area (Å²) in [5.74, 6) is 0. The zero-order chi connectivity index (χ0) is 20.5. The van der Waals surface area contributed by atoms with Crippen molar-refractivity contribution in [2.24, 2.45) is 5.41 Å². The van der Waals surface area contributed by atoms with E-state index in [4.69, 9.17) is 18.9 Å². The zero-order valence-electron chi connectivity index (χ0n) is 17.1. The van der Waals surface area contributed by atoms with E-state index in [0.29, 0.717) is 39.6 Å². The van der Waals surface area contributed by atoms with E-state index < -0.39 is 0 Å². The fourth-order valence-corrected chi connectivity index (χ4v) is 3.52. The maximum Gasteiger partial charge on any atom is 0.183 e. The quantitative estimate of drug-likeness (QED) is 0.494. The summed E-state index contributed by atoms with van der Waals surface area (Å²) in [5.41, 5.74) is 2.99. The highest BCUT2D eigenvalue weighted by Crippen LogP contribution is 2.33. The average Bonchev–Trinajstić information content (AvgIpc) is 2.82. The lowest BCUT2D eigenvalue weighted by Crippen LogP contribution is -2.45. The van der Waals surface area contributed by atoms with Gasteiger partial charge in [0.25, 0.3) is 0 Å². The summed E-state index contributed by atoms with van der Waals surface area (Å²) in [5, 5.41) is 0. The Labute approximate surface area is 178 Å². The minimum Gasteiger partial charge on any atom is -0.376 e. The first-order valence-corrected chi connectivity index (χ1v) is 10.3. The van der Waals surface area contributed by atoms with E-state index >= 15 is 0 Å². The summed E-state index contributed by atoms with van der Waals surface area (Å²) < 4.78 is 24.3. The van der Waals surface area contributed by atoms with E-state index in [1.54, 1.807) is 0 Å². The van der Waals surface area contributed by atoms with Crippen LogP contribution in [0.15, 0.2) is 91.0 Å². The molecule has 0 aromatic heterocycles. The number of ether oxygens (including phenoxy) is 4. The predicted molar refractivity (Wildman–Crippen MR) is 116 cm³/mol. The molecule has 0 spiro atoms. The Morgan fingerprint density at radius 3 is 1.53 bits per heavy atom. The van der Waals surface area contributed by atoms with Crippen molar-refractivity contribution in [2.45, 2.75) is 19.5 Å². The Morgan fingerprint density at radius 1 is 0.633 bits per heavy atom. The van der Waals surface area contributed by atoms with E-state index in [0.717, 1.165) is 16.7 Å². The molecule has 0 aliphatic carbocycles. The Morgan fingerprint density at radius 2 is 1.07 bits per heavy atom. The summed E-state index contributed by atoms with van der Waals surface area (Å²) in [6.07, 6.45) is -0.345. The lowest BCUT2D eigenvalue weighted by Gasteiger charge is -2.39. The van der Waals surface area contributed by atoms with Gasteiger partial charge in [0.05, 0.1) is 45.1 Å². The van der Waals surface area contributed by atoms with Crippen molar-refractivity contribution in [3.63, 3.8) is 0 Å². The fourth-order valence-electron chi connectivity index (χ4n) is 3.52. The molecule has 1 aliphatic rings. The topological polar surface area (TPSA) is 36.9 Å². The maximum atomic E-state index is 6.10. The molecule has 1 heterocycles. The van der Waals surface area contributed by atoms with E-state index in [1.807, 2.05) is 66.7 Å². The van der Waals surface area contributed by atoms with Crippen molar-refractivity contribution in [3.05, 3.63) is 108 Å². The van der Waals surface area contributed by atoms with Crippen molar-refractivity contribution in [1.29, 1.82) is 0 Å². The standard InChI is InChI=1S/C26H28O4/c1-4-10-22(11-5-1)16-27-18-26(19-28-17-23-12-6-2-7-13-23)20-29-25(30-21-26)24-14-8-3-9-15-24/h1-15,25H,16-21H2. The van der Waals surface area contributed by atoms with E-state index in [-0.39, 0.29) is 11.7 Å². The summed E-state index contributed by atoms with van der Waals surface area (Å²) in [6.45, 7) is 3.19. The van der Waals surface area contributed by atoms with E-state index in [1.165, 1.54) is 0 Å². The smallest absolute Gasteiger partial charge is 0.183 e. The molecule has 0 amide bonds. The van der Waals surface area contributed by atoms with Crippen LogP contribution < -0.4 is 0 Å². The highest BCUT2D eigenvalue weighted by Gasteiger charge is 2.38. The molecule has 3 aromatic carbocycles. The second-order valence-electron chi connectivity index (χ2n) is 7.82. The van der Waals surface area contributed by atoms with Crippen LogP contribution in [0.2, 0.25) is 0 Å². The summed E-state index contributed by atoms with van der Waals surface area (Å²) in [6, 6.07) is 30.4. The van der Waals surface area contributed by atoms with E-state index in [2.05, 4.69) is 24.3 Å². The van der Waals surface area contributed by atoms with E-state index in [9.17, 15) is 0 Å². The number of rotatable bonds is 9. The van der Waals surface area contributed by atoms with Crippen LogP contribution in [-0.4, -0.2) is 26.4 Å². The van der Waals surface area contributed by atoms with Gasteiger partial charge in [0.15, 0.2) is 6.29 Å². The van der Waals surface area contributed by atoms with Crippen molar-refractivity contribution < 1.29 is 18.9 Å². The number of benzene rings is 3. The van der Waals surface area contributed by atoms with Gasteiger partial charge in [0, 0.05) is 5.56 Å². The molecule has 4 heteroatoms. The SMILES string of the molecule is c1ccc(COCC2(COCc3ccccc3)COC(c3ccccc3)OC2)cc1. The van der Waals surface area contributed by atoms with Crippen LogP contribution in [0, 0.1) is 5.41 Å². The molecule has 0 N–H and O–H groups in total. The molecular weight excluding hydrogens is 376 g/mol. The Hall–Kier alpha value is -2.50. The van der Waals surface area contributed by atoms with Gasteiger partial charge in [-0.15, -0.1) is 0 Å². The van der Waals surface area contributed by atoms with Gasteiger partial charge in [-0.3, -0.25) is 0 Å². The van der Waals surface area contributed by atoms with Crippen LogP contribution >= 0.6 is 0 Å². The van der Waals surface area contributed by atoms with Gasteiger partial charge in [0.2, 0.25) is 0 Å². The van der Waals surface area contributed by atoms with Crippen molar-refractivity contribution in [3.8, 4) is 0 Å². The summed E-state index contributed by atoms with van der Waals surface area (Å²) >= 11 is 0. The monoisotopic (exact) mass is 404 g/mol. The third kappa shape index (κ3) is 5.77. The molecule has 0 saturated carbocycles. The summed E-state index contributed by atoms with van der Waals surface area (Å²) in [4.78, 5) is 0. The highest BCUT2D eigenvalue weighted by molar-refractivity contribution is 5.17. The summed E-state index contributed by atoms with van der Waals surface area (Å²) in [7, 11) is 0. The van der Waals surface area contributed by atoms with Crippen molar-refractivity contribution in [1.82, 2.24) is 0 Å². The molecule has 0 bridgehead atoms. The second kappa shape index (κ2) is 10.5. The van der Waals surface area contributed by atoms with Gasteiger partial charge in [-0.1, -0.05) is 91.0 Å². The molecule has 0 radical (unpaired) electrons. The molecule has 1 fully saturated rings. The van der Waals surface area contributed by atoms with Crippen LogP contribution in [0.25, 0.3) is 0 Å². The van der Waals surface area contributed by atoms with Crippen LogP contribution in [0.5, 0.6) is 0 Å². The van der Waals surface area contributed by atoms with Gasteiger partial charge < -0.3 is 18.9 Å². The highest BCUT2D eigenvalue weighted by atomic mass is 16.7. The third-order valence-electron chi connectivity index (χ3n) is 5.19. The maximum absolute atomic E-state index is 6.10. The first kappa shape index (κ1) is 20.8. The first-order valence-electron chi connectivity index (χ1n) is 10.3. The third-order valence-corrected chi connectivity index (χ3v) is 5.19. The Balaban J connectivity index is 1.36. The van der Waals surface area contributed by atoms with Gasteiger partial charge in [-0.25, -0.2) is 0 Å². The van der Waals surface area contributed by atoms with Crippen LogP contribution in [0.3, 0.4) is 0 Å². The molecule has 4 rings (SSSR count). The number of hydrogen-bond acceptors (Lipinski definition) is 4. The molecule has 3 aromatic rings. The molecule has 0 atom stereocenters. The largest absolute Gasteiger partial charge is 0.376 e. The van der Waals surface area contributed by atoms with Gasteiger partial charge in [0.1, 0.15) is 0 Å². The van der Waals surface area contributed by atoms with Crippen LogP contribution in [-0.2, 0) is 32.2 Å². The van der Waals surface area contributed by atoms with Gasteiger partial charge in [-0.05, 0) is 11.1 Å². The Kier molecular flexibility index (Phi) is 7.27. The zero-order valence-corrected chi connectivity index (χ0v) is 17.1. The normalized spacial score (nSPS) is 16.4. The van der Waals surface area contributed by atoms with Crippen LogP contribution in [0.1, 0.15) is 23.0 Å². The van der Waals surface area contributed by atoms with Crippen molar-refractivity contribution >= 4 is 0 Å². The van der Waals surface area contributed by atoms with Crippen molar-refractivity contribution in [2.75, 3.05) is 26.4 Å². The lowest BCUT2D eigenvalue weighted by atomic mass is 9.91.